The van der Waals surface area contributed by atoms with E-state index in [1.807, 2.05) is 0 Å². The molecule has 0 aromatic carbocycles. The van der Waals surface area contributed by atoms with Gasteiger partial charge < -0.3 is 9.73 Å². The van der Waals surface area contributed by atoms with E-state index in [4.69, 9.17) is 4.42 Å². The number of nitrogens with zero attached hydrogens (tertiary/aromatic N) is 1. The highest BCUT2D eigenvalue weighted by Gasteiger charge is 2.22. The molecular formula is C9H12N2O2. The number of nitrogens with one attached hydrogen (secondary N) is 1. The number of carbonyl (C=O) groups is 1. The van der Waals surface area contributed by atoms with E-state index in [0.717, 1.165) is 18.5 Å². The minimum atomic E-state index is 0.116. The van der Waals surface area contributed by atoms with E-state index in [-0.39, 0.29) is 5.91 Å². The fraction of sp³-hybridized carbons (Fsp3) is 0.556. The second-order valence-electron chi connectivity index (χ2n) is 3.32. The van der Waals surface area contributed by atoms with E-state index < -0.39 is 0 Å². The summed E-state index contributed by atoms with van der Waals surface area (Å²) in [5, 5.41) is 2.92. The maximum atomic E-state index is 11.2. The number of hydrogen-bond donors (Lipinski definition) is 1. The monoisotopic (exact) mass is 180 g/mol. The van der Waals surface area contributed by atoms with Gasteiger partial charge in [0.2, 0.25) is 5.91 Å². The van der Waals surface area contributed by atoms with Crippen molar-refractivity contribution in [2.45, 2.75) is 31.7 Å². The first-order valence-electron chi connectivity index (χ1n) is 4.51. The van der Waals surface area contributed by atoms with Crippen LogP contribution >= 0.6 is 0 Å². The van der Waals surface area contributed by atoms with Crippen LogP contribution in [0.5, 0.6) is 0 Å². The van der Waals surface area contributed by atoms with Gasteiger partial charge >= 0.3 is 0 Å². The molecule has 4 heteroatoms. The largest absolute Gasteiger partial charge is 0.451 e. The van der Waals surface area contributed by atoms with Crippen LogP contribution in [-0.4, -0.2) is 16.9 Å². The summed E-state index contributed by atoms with van der Waals surface area (Å²) in [6.07, 6.45) is 6.39. The predicted molar refractivity (Wildman–Crippen MR) is 46.0 cm³/mol. The molecular weight excluding hydrogens is 168 g/mol. The summed E-state index contributed by atoms with van der Waals surface area (Å²) in [7, 11) is 0. The van der Waals surface area contributed by atoms with E-state index in [1.54, 1.807) is 6.26 Å². The molecule has 4 nitrogen and oxygen atoms in total. The standard InChI is InChI=1S/C9H12N2O2/c12-9(11-7-1-2-7)4-3-8-5-13-6-10-8/h5-7H,1-4H2,(H,11,12). The molecule has 1 aliphatic carbocycles. The number of carbonyl (C=O) groups excluding carboxylic acids is 1. The molecule has 1 saturated carbocycles. The topological polar surface area (TPSA) is 55.1 Å². The van der Waals surface area contributed by atoms with Crippen molar-refractivity contribution >= 4 is 5.91 Å². The Hall–Kier alpha value is -1.32. The number of rotatable bonds is 4. The molecule has 1 aromatic heterocycles. The van der Waals surface area contributed by atoms with Gasteiger partial charge in [0.05, 0.1) is 5.69 Å². The molecule has 0 spiro atoms. The molecule has 1 heterocycles. The maximum absolute atomic E-state index is 11.2. The molecule has 0 aliphatic heterocycles. The van der Waals surface area contributed by atoms with Crippen LogP contribution in [0, 0.1) is 0 Å². The summed E-state index contributed by atoms with van der Waals surface area (Å²) in [5.74, 6) is 0.116. The SMILES string of the molecule is O=C(CCc1cocn1)NC1CC1. The average Bonchev–Trinajstić information content (AvgIpc) is 2.78. The summed E-state index contributed by atoms with van der Waals surface area (Å²) in [4.78, 5) is 15.2. The van der Waals surface area contributed by atoms with Crippen LogP contribution in [0.1, 0.15) is 25.0 Å². The van der Waals surface area contributed by atoms with Gasteiger partial charge in [0.1, 0.15) is 6.26 Å². The lowest BCUT2D eigenvalue weighted by atomic mass is 10.2. The van der Waals surface area contributed by atoms with Gasteiger partial charge in [-0.1, -0.05) is 0 Å². The Morgan fingerprint density at radius 1 is 1.69 bits per heavy atom. The quantitative estimate of drug-likeness (QED) is 0.748. The molecule has 1 fully saturated rings. The predicted octanol–water partition coefficient (Wildman–Crippen LogP) is 0.886. The third kappa shape index (κ3) is 2.57. The van der Waals surface area contributed by atoms with Crippen LogP contribution < -0.4 is 5.32 Å². The van der Waals surface area contributed by atoms with E-state index in [1.165, 1.54) is 6.39 Å². The summed E-state index contributed by atoms with van der Waals surface area (Å²) < 4.78 is 4.80. The molecule has 70 valence electrons. The van der Waals surface area contributed by atoms with Crippen LogP contribution in [0.2, 0.25) is 0 Å². The highest BCUT2D eigenvalue weighted by atomic mass is 16.3. The van der Waals surface area contributed by atoms with E-state index >= 15 is 0 Å². The summed E-state index contributed by atoms with van der Waals surface area (Å²) in [6.45, 7) is 0. The Morgan fingerprint density at radius 3 is 3.15 bits per heavy atom. The molecule has 0 bridgehead atoms. The normalized spacial score (nSPS) is 15.7. The van der Waals surface area contributed by atoms with Crippen molar-refractivity contribution < 1.29 is 9.21 Å². The lowest BCUT2D eigenvalue weighted by Gasteiger charge is -2.00. The summed E-state index contributed by atoms with van der Waals surface area (Å²) >= 11 is 0. The number of hydrogen-bond acceptors (Lipinski definition) is 3. The van der Waals surface area contributed by atoms with Crippen LogP contribution in [-0.2, 0) is 11.2 Å². The van der Waals surface area contributed by atoms with Gasteiger partial charge in [0.15, 0.2) is 6.39 Å². The van der Waals surface area contributed by atoms with Gasteiger partial charge in [0, 0.05) is 18.9 Å². The molecule has 2 rings (SSSR count). The first-order valence-corrected chi connectivity index (χ1v) is 4.51. The molecule has 1 amide bonds. The minimum absolute atomic E-state index is 0.116. The molecule has 0 unspecified atom stereocenters. The van der Waals surface area contributed by atoms with Gasteiger partial charge in [-0.2, -0.15) is 0 Å². The smallest absolute Gasteiger partial charge is 0.220 e. The van der Waals surface area contributed by atoms with Crippen LogP contribution in [0.15, 0.2) is 17.1 Å². The molecule has 0 radical (unpaired) electrons. The van der Waals surface area contributed by atoms with Crippen LogP contribution in [0.25, 0.3) is 0 Å². The Labute approximate surface area is 76.3 Å². The van der Waals surface area contributed by atoms with Gasteiger partial charge in [-0.25, -0.2) is 4.98 Å². The maximum Gasteiger partial charge on any atom is 0.220 e. The highest BCUT2D eigenvalue weighted by Crippen LogP contribution is 2.18. The average molecular weight is 180 g/mol. The van der Waals surface area contributed by atoms with Crippen LogP contribution in [0.3, 0.4) is 0 Å². The van der Waals surface area contributed by atoms with Gasteiger partial charge in [-0.15, -0.1) is 0 Å². The number of aryl methyl sites for hydroxylation is 1. The summed E-state index contributed by atoms with van der Waals surface area (Å²) in [5.41, 5.74) is 0.839. The Kier molecular flexibility index (Phi) is 2.29. The van der Waals surface area contributed by atoms with E-state index in [0.29, 0.717) is 18.9 Å². The molecule has 1 aliphatic rings. The van der Waals surface area contributed by atoms with Crippen molar-refractivity contribution in [1.29, 1.82) is 0 Å². The van der Waals surface area contributed by atoms with Crippen molar-refractivity contribution in [1.82, 2.24) is 10.3 Å². The Balaban J connectivity index is 1.69. The molecule has 13 heavy (non-hydrogen) atoms. The first-order chi connectivity index (χ1) is 6.34. The second-order valence-corrected chi connectivity index (χ2v) is 3.32. The van der Waals surface area contributed by atoms with Crippen LogP contribution in [0.4, 0.5) is 0 Å². The Bertz CT molecular complexity index is 278. The number of amides is 1. The van der Waals surface area contributed by atoms with Crippen molar-refractivity contribution in [3.63, 3.8) is 0 Å². The third-order valence-corrected chi connectivity index (χ3v) is 2.03. The third-order valence-electron chi connectivity index (χ3n) is 2.03. The van der Waals surface area contributed by atoms with Crippen molar-refractivity contribution in [3.8, 4) is 0 Å². The lowest BCUT2D eigenvalue weighted by molar-refractivity contribution is -0.121. The van der Waals surface area contributed by atoms with E-state index in [2.05, 4.69) is 10.3 Å². The lowest BCUT2D eigenvalue weighted by Crippen LogP contribution is -2.25. The molecule has 1 aromatic rings. The molecule has 0 atom stereocenters. The minimum Gasteiger partial charge on any atom is -0.451 e. The van der Waals surface area contributed by atoms with Gasteiger partial charge in [-0.3, -0.25) is 4.79 Å². The van der Waals surface area contributed by atoms with Gasteiger partial charge in [0.25, 0.3) is 0 Å². The zero-order chi connectivity index (χ0) is 9.10. The summed E-state index contributed by atoms with van der Waals surface area (Å²) in [6, 6.07) is 0.449. The van der Waals surface area contributed by atoms with E-state index in [9.17, 15) is 4.79 Å². The first kappa shape index (κ1) is 8.29. The molecule has 1 N–H and O–H groups in total. The fourth-order valence-electron chi connectivity index (χ4n) is 1.13. The number of oxazole rings is 1. The van der Waals surface area contributed by atoms with Crippen molar-refractivity contribution in [2.24, 2.45) is 0 Å². The zero-order valence-electron chi connectivity index (χ0n) is 7.32. The molecule has 0 saturated heterocycles. The Morgan fingerprint density at radius 2 is 2.54 bits per heavy atom. The highest BCUT2D eigenvalue weighted by molar-refractivity contribution is 5.76. The van der Waals surface area contributed by atoms with Gasteiger partial charge in [-0.05, 0) is 12.8 Å². The fourth-order valence-corrected chi connectivity index (χ4v) is 1.13. The van der Waals surface area contributed by atoms with Crippen molar-refractivity contribution in [3.05, 3.63) is 18.4 Å². The van der Waals surface area contributed by atoms with Crippen molar-refractivity contribution in [2.75, 3.05) is 0 Å². The zero-order valence-corrected chi connectivity index (χ0v) is 7.32. The second kappa shape index (κ2) is 3.60. The number of aromatic nitrogens is 1.